The van der Waals surface area contributed by atoms with E-state index < -0.39 is 5.54 Å². The number of ether oxygens (including phenoxy) is 1. The molecule has 1 aromatic carbocycles. The molecule has 102 valence electrons. The third kappa shape index (κ3) is 2.35. The lowest BCUT2D eigenvalue weighted by atomic mass is 9.86. The average Bonchev–Trinajstić information content (AvgIpc) is 2.86. The number of nitrogens with zero attached hydrogens (tertiary/aromatic N) is 1. The summed E-state index contributed by atoms with van der Waals surface area (Å²) in [4.78, 5) is 15.0. The van der Waals surface area contributed by atoms with E-state index in [1.54, 1.807) is 13.2 Å². The predicted octanol–water partition coefficient (Wildman–Crippen LogP) is 4.18. The summed E-state index contributed by atoms with van der Waals surface area (Å²) in [6, 6.07) is 2.10. The van der Waals surface area contributed by atoms with Gasteiger partial charge in [0.25, 0.3) is 0 Å². The van der Waals surface area contributed by atoms with Crippen LogP contribution in [0.3, 0.4) is 0 Å². The Labute approximate surface area is 122 Å². The minimum absolute atomic E-state index is 0.450. The van der Waals surface area contributed by atoms with Crippen molar-refractivity contribution in [3.8, 4) is 5.75 Å². The van der Waals surface area contributed by atoms with Crippen molar-refractivity contribution in [2.75, 3.05) is 7.11 Å². The molecule has 0 atom stereocenters. The van der Waals surface area contributed by atoms with E-state index in [1.165, 1.54) is 5.56 Å². The van der Waals surface area contributed by atoms with Crippen molar-refractivity contribution >= 4 is 22.0 Å². The Morgan fingerprint density at radius 1 is 1.37 bits per heavy atom. The zero-order chi connectivity index (χ0) is 14.0. The highest BCUT2D eigenvalue weighted by Crippen LogP contribution is 2.48. The lowest BCUT2D eigenvalue weighted by Crippen LogP contribution is -2.20. The Kier molecular flexibility index (Phi) is 4.12. The Morgan fingerprint density at radius 3 is 2.53 bits per heavy atom. The number of hydrogen-bond acceptors (Lipinski definition) is 3. The normalized spacial score (nSPS) is 17.1. The molecule has 0 N–H and O–H groups in total. The summed E-state index contributed by atoms with van der Waals surface area (Å²) < 4.78 is 6.51. The van der Waals surface area contributed by atoms with E-state index in [0.29, 0.717) is 0 Å². The molecule has 0 saturated heterocycles. The van der Waals surface area contributed by atoms with Gasteiger partial charge in [-0.05, 0) is 59.8 Å². The van der Waals surface area contributed by atoms with E-state index in [4.69, 9.17) is 4.74 Å². The van der Waals surface area contributed by atoms with Crippen LogP contribution in [0.15, 0.2) is 15.5 Å². The maximum absolute atomic E-state index is 10.8. The van der Waals surface area contributed by atoms with E-state index in [-0.39, 0.29) is 0 Å². The standard InChI is InChI=1S/C15H18BrNO2/c1-10-8-12(14(19-3)13(16)11(10)2)15(17-9-18)6-4-5-7-15/h8H,4-7H2,1-3H3. The highest BCUT2D eigenvalue weighted by atomic mass is 79.9. The number of methoxy groups -OCH3 is 1. The first-order valence-electron chi connectivity index (χ1n) is 6.49. The largest absolute Gasteiger partial charge is 0.495 e. The van der Waals surface area contributed by atoms with Crippen LogP contribution >= 0.6 is 15.9 Å². The number of halogens is 1. The van der Waals surface area contributed by atoms with Crippen LogP contribution in [0.4, 0.5) is 0 Å². The maximum Gasteiger partial charge on any atom is 0.235 e. The molecule has 1 fully saturated rings. The number of carbonyl (C=O) groups excluding carboxylic acids is 1. The molecule has 1 aliphatic rings. The van der Waals surface area contributed by atoms with E-state index >= 15 is 0 Å². The van der Waals surface area contributed by atoms with E-state index in [1.807, 2.05) is 0 Å². The number of hydrogen-bond donors (Lipinski definition) is 0. The Morgan fingerprint density at radius 2 is 2.00 bits per heavy atom. The van der Waals surface area contributed by atoms with Crippen molar-refractivity contribution in [3.63, 3.8) is 0 Å². The smallest absolute Gasteiger partial charge is 0.235 e. The van der Waals surface area contributed by atoms with Gasteiger partial charge in [0.05, 0.1) is 11.6 Å². The molecule has 0 heterocycles. The second-order valence-corrected chi connectivity index (χ2v) is 5.95. The summed E-state index contributed by atoms with van der Waals surface area (Å²) in [7, 11) is 1.66. The molecule has 1 aromatic rings. The summed E-state index contributed by atoms with van der Waals surface area (Å²) in [6.07, 6.45) is 5.69. The molecular formula is C15H18BrNO2. The van der Waals surface area contributed by atoms with Crippen molar-refractivity contribution < 1.29 is 9.53 Å². The monoisotopic (exact) mass is 323 g/mol. The SMILES string of the molecule is COc1c(C2(N=C=O)CCCC2)cc(C)c(C)c1Br. The van der Waals surface area contributed by atoms with Crippen molar-refractivity contribution in [3.05, 3.63) is 27.2 Å². The van der Waals surface area contributed by atoms with Crippen LogP contribution in [0.25, 0.3) is 0 Å². The van der Waals surface area contributed by atoms with Crippen LogP contribution < -0.4 is 4.74 Å². The van der Waals surface area contributed by atoms with Gasteiger partial charge < -0.3 is 4.74 Å². The van der Waals surface area contributed by atoms with Gasteiger partial charge in [-0.2, -0.15) is 4.99 Å². The molecule has 2 rings (SSSR count). The Balaban J connectivity index is 2.70. The highest BCUT2D eigenvalue weighted by Gasteiger charge is 2.39. The first-order valence-corrected chi connectivity index (χ1v) is 7.28. The van der Waals surface area contributed by atoms with Crippen LogP contribution in [0.2, 0.25) is 0 Å². The summed E-state index contributed by atoms with van der Waals surface area (Å²) >= 11 is 3.60. The van der Waals surface area contributed by atoms with Gasteiger partial charge in [-0.1, -0.05) is 12.8 Å². The molecule has 0 unspecified atom stereocenters. The van der Waals surface area contributed by atoms with Crippen LogP contribution in [-0.4, -0.2) is 13.2 Å². The molecule has 0 radical (unpaired) electrons. The molecule has 19 heavy (non-hydrogen) atoms. The van der Waals surface area contributed by atoms with Crippen molar-refractivity contribution in [1.29, 1.82) is 0 Å². The number of rotatable bonds is 3. The minimum atomic E-state index is -0.450. The van der Waals surface area contributed by atoms with Gasteiger partial charge in [-0.15, -0.1) is 0 Å². The third-order valence-corrected chi connectivity index (χ3v) is 5.08. The molecule has 3 nitrogen and oxygen atoms in total. The zero-order valence-electron chi connectivity index (χ0n) is 11.5. The molecular weight excluding hydrogens is 306 g/mol. The quantitative estimate of drug-likeness (QED) is 0.618. The van der Waals surface area contributed by atoms with Gasteiger partial charge in [0.1, 0.15) is 11.3 Å². The summed E-state index contributed by atoms with van der Waals surface area (Å²) in [5, 5.41) is 0. The third-order valence-electron chi connectivity index (χ3n) is 4.12. The van der Waals surface area contributed by atoms with E-state index in [9.17, 15) is 4.79 Å². The fraction of sp³-hybridized carbons (Fsp3) is 0.533. The Hall–Kier alpha value is -1.12. The van der Waals surface area contributed by atoms with Gasteiger partial charge in [-0.25, -0.2) is 4.79 Å². The van der Waals surface area contributed by atoms with E-state index in [0.717, 1.165) is 47.0 Å². The fourth-order valence-electron chi connectivity index (χ4n) is 2.89. The molecule has 1 saturated carbocycles. The van der Waals surface area contributed by atoms with Crippen LogP contribution in [0.1, 0.15) is 42.4 Å². The van der Waals surface area contributed by atoms with Crippen LogP contribution in [-0.2, 0) is 10.3 Å². The molecule has 1 aliphatic carbocycles. The highest BCUT2D eigenvalue weighted by molar-refractivity contribution is 9.10. The Bertz CT molecular complexity index is 542. The predicted molar refractivity (Wildman–Crippen MR) is 78.4 cm³/mol. The topological polar surface area (TPSA) is 38.7 Å². The van der Waals surface area contributed by atoms with Crippen LogP contribution in [0, 0.1) is 13.8 Å². The van der Waals surface area contributed by atoms with E-state index in [2.05, 4.69) is 40.8 Å². The molecule has 0 amide bonds. The van der Waals surface area contributed by atoms with Gasteiger partial charge in [0.15, 0.2) is 0 Å². The number of aliphatic imine (C=N–C) groups is 1. The number of isocyanates is 1. The fourth-order valence-corrected chi connectivity index (χ4v) is 3.57. The lowest BCUT2D eigenvalue weighted by molar-refractivity contribution is 0.376. The maximum atomic E-state index is 10.8. The van der Waals surface area contributed by atoms with Crippen molar-refractivity contribution in [1.82, 2.24) is 0 Å². The molecule has 0 bridgehead atoms. The summed E-state index contributed by atoms with van der Waals surface area (Å²) in [6.45, 7) is 4.12. The van der Waals surface area contributed by atoms with Crippen LogP contribution in [0.5, 0.6) is 5.75 Å². The van der Waals surface area contributed by atoms with Crippen molar-refractivity contribution in [2.45, 2.75) is 45.1 Å². The number of aryl methyl sites for hydroxylation is 1. The van der Waals surface area contributed by atoms with Gasteiger partial charge in [-0.3, -0.25) is 0 Å². The first kappa shape index (κ1) is 14.3. The average molecular weight is 324 g/mol. The van der Waals surface area contributed by atoms with Crippen molar-refractivity contribution in [2.24, 2.45) is 4.99 Å². The first-order chi connectivity index (χ1) is 9.05. The molecule has 0 spiro atoms. The second kappa shape index (κ2) is 5.48. The summed E-state index contributed by atoms with van der Waals surface area (Å²) in [5.74, 6) is 0.795. The molecule has 0 aromatic heterocycles. The van der Waals surface area contributed by atoms with Gasteiger partial charge in [0, 0.05) is 5.56 Å². The van der Waals surface area contributed by atoms with Gasteiger partial charge >= 0.3 is 0 Å². The molecule has 0 aliphatic heterocycles. The van der Waals surface area contributed by atoms with Gasteiger partial charge in [0.2, 0.25) is 6.08 Å². The second-order valence-electron chi connectivity index (χ2n) is 5.16. The minimum Gasteiger partial charge on any atom is -0.495 e. The summed E-state index contributed by atoms with van der Waals surface area (Å²) in [5.41, 5.74) is 2.89. The number of benzene rings is 1. The zero-order valence-corrected chi connectivity index (χ0v) is 13.1. The lowest BCUT2D eigenvalue weighted by Gasteiger charge is -2.27. The molecule has 4 heteroatoms.